The number of carbonyl (C=O) groups is 1. The van der Waals surface area contributed by atoms with Gasteiger partial charge in [0.05, 0.1) is 12.6 Å². The summed E-state index contributed by atoms with van der Waals surface area (Å²) in [7, 11) is 0. The minimum atomic E-state index is -1.41. The fraction of sp³-hybridized carbons (Fsp3) is 0.333. The lowest BCUT2D eigenvalue weighted by Crippen LogP contribution is -2.53. The Labute approximate surface area is 209 Å². The molecule has 2 N–H and O–H groups in total. The largest absolute Gasteiger partial charge is 0.487 e. The summed E-state index contributed by atoms with van der Waals surface area (Å²) in [5.74, 6) is 7.88. The molecule has 0 spiro atoms. The average molecular weight is 496 g/mol. The van der Waals surface area contributed by atoms with Gasteiger partial charge in [-0.15, -0.1) is 0 Å². The number of hydroxylamine groups is 4. The minimum absolute atomic E-state index is 0.0119. The van der Waals surface area contributed by atoms with E-state index in [2.05, 4.69) is 9.92 Å². The van der Waals surface area contributed by atoms with Crippen LogP contribution in [0.2, 0.25) is 0 Å². The standard InChI is InChI=1S/C27H30FN3O5/c1-19(32)31(33,36-29)27(20-6-3-2-4-7-20)21-10-14-24(15-11-21)34-18-23-8-5-9-26(30-23)35-25-16-12-22(28)13-17-25/h5,8-17,20,27,29,33H,2-4,6-7,18H2,1H3/q+1. The molecule has 1 fully saturated rings. The number of quaternary nitrogens is 1. The van der Waals surface area contributed by atoms with Crippen molar-refractivity contribution >= 4 is 5.91 Å². The SMILES string of the molecule is CC(=O)[N+](O)(O[NH])C(c1ccc(OCc2cccc(Oc3ccc(F)cc3)n2)cc1)C1CCCCC1. The highest BCUT2D eigenvalue weighted by Gasteiger charge is 2.50. The number of halogens is 1. The van der Waals surface area contributed by atoms with E-state index in [4.69, 9.17) is 15.4 Å². The van der Waals surface area contributed by atoms with Gasteiger partial charge >= 0.3 is 5.91 Å². The Morgan fingerprint density at radius 3 is 2.36 bits per heavy atom. The van der Waals surface area contributed by atoms with Gasteiger partial charge in [0.2, 0.25) is 5.88 Å². The van der Waals surface area contributed by atoms with Gasteiger partial charge in [-0.05, 0) is 78.3 Å². The molecule has 1 aliphatic rings. The van der Waals surface area contributed by atoms with Gasteiger partial charge in [0.25, 0.3) is 0 Å². The molecule has 36 heavy (non-hydrogen) atoms. The first kappa shape index (κ1) is 25.7. The molecule has 4 rings (SSSR count). The molecule has 0 saturated heterocycles. The van der Waals surface area contributed by atoms with Crippen LogP contribution in [-0.2, 0) is 16.3 Å². The first-order valence-corrected chi connectivity index (χ1v) is 12.0. The van der Waals surface area contributed by atoms with Crippen LogP contribution >= 0.6 is 0 Å². The topological polar surface area (TPSA) is 102 Å². The van der Waals surface area contributed by atoms with Crippen molar-refractivity contribution < 1.29 is 33.6 Å². The molecule has 8 nitrogen and oxygen atoms in total. The molecule has 1 saturated carbocycles. The summed E-state index contributed by atoms with van der Waals surface area (Å²) in [6.07, 6.45) is 4.84. The number of aromatic nitrogens is 1. The van der Waals surface area contributed by atoms with Crippen LogP contribution in [0.5, 0.6) is 17.4 Å². The Hall–Kier alpha value is -3.37. The second-order valence-corrected chi connectivity index (χ2v) is 8.96. The van der Waals surface area contributed by atoms with Crippen molar-refractivity contribution in [1.82, 2.24) is 10.9 Å². The number of benzene rings is 2. The highest BCUT2D eigenvalue weighted by molar-refractivity contribution is 5.64. The quantitative estimate of drug-likeness (QED) is 0.219. The molecule has 1 aromatic heterocycles. The van der Waals surface area contributed by atoms with Crippen molar-refractivity contribution in [1.29, 1.82) is 0 Å². The molecule has 0 aliphatic heterocycles. The van der Waals surface area contributed by atoms with Gasteiger partial charge in [-0.25, -0.2) is 14.2 Å². The van der Waals surface area contributed by atoms with Gasteiger partial charge in [-0.2, -0.15) is 5.21 Å². The fourth-order valence-corrected chi connectivity index (χ4v) is 4.66. The monoisotopic (exact) mass is 495 g/mol. The summed E-state index contributed by atoms with van der Waals surface area (Å²) in [5, 5.41) is 10.9. The molecule has 2 aromatic carbocycles. The Morgan fingerprint density at radius 1 is 1.06 bits per heavy atom. The molecular formula is C27H30FN3O5+. The van der Waals surface area contributed by atoms with Crippen molar-refractivity contribution in [2.75, 3.05) is 0 Å². The van der Waals surface area contributed by atoms with E-state index in [1.54, 1.807) is 42.5 Å². The van der Waals surface area contributed by atoms with E-state index in [-0.39, 0.29) is 18.3 Å². The van der Waals surface area contributed by atoms with Gasteiger partial charge in [0.1, 0.15) is 23.9 Å². The van der Waals surface area contributed by atoms with Gasteiger partial charge in [-0.3, -0.25) is 0 Å². The summed E-state index contributed by atoms with van der Waals surface area (Å²) in [6.45, 7) is 1.41. The normalized spacial score (nSPS) is 16.7. The molecule has 1 aliphatic carbocycles. The van der Waals surface area contributed by atoms with Crippen LogP contribution in [0.4, 0.5) is 4.39 Å². The van der Waals surface area contributed by atoms with Crippen molar-refractivity contribution in [3.63, 3.8) is 0 Å². The zero-order valence-electron chi connectivity index (χ0n) is 20.1. The molecule has 1 radical (unpaired) electrons. The Kier molecular flexibility index (Phi) is 8.27. The average Bonchev–Trinajstić information content (AvgIpc) is 2.90. The third-order valence-electron chi connectivity index (χ3n) is 6.49. The van der Waals surface area contributed by atoms with Crippen LogP contribution in [0, 0.1) is 11.7 Å². The van der Waals surface area contributed by atoms with Gasteiger partial charge in [-0.1, -0.05) is 25.3 Å². The van der Waals surface area contributed by atoms with E-state index in [1.165, 1.54) is 31.2 Å². The van der Waals surface area contributed by atoms with Crippen LogP contribution < -0.4 is 15.4 Å². The highest BCUT2D eigenvalue weighted by Crippen LogP contribution is 2.42. The molecule has 3 aromatic rings. The lowest BCUT2D eigenvalue weighted by molar-refractivity contribution is -1.22. The molecule has 1 amide bonds. The lowest BCUT2D eigenvalue weighted by atomic mass is 9.80. The third kappa shape index (κ3) is 6.06. The summed E-state index contributed by atoms with van der Waals surface area (Å²) >= 11 is 0. The summed E-state index contributed by atoms with van der Waals surface area (Å²) < 4.78 is 24.7. The Balaban J connectivity index is 1.45. The molecular weight excluding hydrogens is 465 g/mol. The first-order valence-electron chi connectivity index (χ1n) is 12.0. The molecule has 2 unspecified atom stereocenters. The van der Waals surface area contributed by atoms with E-state index in [0.29, 0.717) is 28.6 Å². The van der Waals surface area contributed by atoms with E-state index >= 15 is 0 Å². The zero-order chi connectivity index (χ0) is 25.5. The van der Waals surface area contributed by atoms with E-state index in [1.807, 2.05) is 0 Å². The number of ether oxygens (including phenoxy) is 2. The maximum absolute atomic E-state index is 13.1. The zero-order valence-corrected chi connectivity index (χ0v) is 20.1. The fourth-order valence-electron chi connectivity index (χ4n) is 4.66. The van der Waals surface area contributed by atoms with Crippen molar-refractivity contribution in [2.45, 2.75) is 51.7 Å². The number of hydrogen-bond donors (Lipinski definition) is 1. The predicted molar refractivity (Wildman–Crippen MR) is 128 cm³/mol. The van der Waals surface area contributed by atoms with Crippen LogP contribution in [0.1, 0.15) is 56.3 Å². The maximum atomic E-state index is 13.1. The number of amides is 1. The molecule has 0 bridgehead atoms. The van der Waals surface area contributed by atoms with E-state index in [0.717, 1.165) is 32.1 Å². The Bertz CT molecular complexity index is 1150. The maximum Gasteiger partial charge on any atom is 0.378 e. The van der Waals surface area contributed by atoms with E-state index in [9.17, 15) is 14.4 Å². The van der Waals surface area contributed by atoms with Crippen LogP contribution in [0.15, 0.2) is 66.7 Å². The highest BCUT2D eigenvalue weighted by atomic mass is 19.1. The second-order valence-electron chi connectivity index (χ2n) is 8.96. The molecule has 9 heteroatoms. The second kappa shape index (κ2) is 11.6. The van der Waals surface area contributed by atoms with E-state index < -0.39 is 16.8 Å². The van der Waals surface area contributed by atoms with Gasteiger partial charge in [0, 0.05) is 22.4 Å². The molecule has 2 atom stereocenters. The first-order chi connectivity index (χ1) is 17.4. The van der Waals surface area contributed by atoms with Crippen molar-refractivity contribution in [2.24, 2.45) is 5.92 Å². The number of hydrogen-bond acceptors (Lipinski definition) is 6. The minimum Gasteiger partial charge on any atom is -0.487 e. The number of carbonyl (C=O) groups excluding carboxylic acids is 1. The summed E-state index contributed by atoms with van der Waals surface area (Å²) in [6, 6.07) is 17.4. The molecule has 1 heterocycles. The summed E-state index contributed by atoms with van der Waals surface area (Å²) in [5.41, 5.74) is 1.34. The van der Waals surface area contributed by atoms with Crippen LogP contribution in [0.3, 0.4) is 0 Å². The Morgan fingerprint density at radius 2 is 1.72 bits per heavy atom. The van der Waals surface area contributed by atoms with Gasteiger partial charge in [0.15, 0.2) is 6.04 Å². The van der Waals surface area contributed by atoms with Crippen LogP contribution in [-0.4, -0.2) is 20.9 Å². The third-order valence-corrected chi connectivity index (χ3v) is 6.49. The smallest absolute Gasteiger partial charge is 0.378 e. The predicted octanol–water partition coefficient (Wildman–Crippen LogP) is 6.10. The lowest BCUT2D eigenvalue weighted by Gasteiger charge is -2.36. The van der Waals surface area contributed by atoms with Crippen LogP contribution in [0.25, 0.3) is 0 Å². The van der Waals surface area contributed by atoms with Gasteiger partial charge < -0.3 is 9.47 Å². The number of nitrogens with one attached hydrogen (secondary N) is 1. The molecule has 189 valence electrons. The number of pyridine rings is 1. The number of rotatable bonds is 9. The van der Waals surface area contributed by atoms with Crippen molar-refractivity contribution in [3.05, 3.63) is 83.8 Å². The summed E-state index contributed by atoms with van der Waals surface area (Å²) in [4.78, 5) is 19.9. The van der Waals surface area contributed by atoms with Crippen molar-refractivity contribution in [3.8, 4) is 17.4 Å². The number of nitrogens with zero attached hydrogens (tertiary/aromatic N) is 2.